The van der Waals surface area contributed by atoms with Gasteiger partial charge in [-0.15, -0.1) is 0 Å². The number of nitrogens with one attached hydrogen (secondary N) is 1. The van der Waals surface area contributed by atoms with Gasteiger partial charge in [0.05, 0.1) is 6.10 Å². The van der Waals surface area contributed by atoms with E-state index < -0.39 is 23.6 Å². The lowest BCUT2D eigenvalue weighted by molar-refractivity contribution is 0.0841. The van der Waals surface area contributed by atoms with E-state index in [4.69, 9.17) is 0 Å². The van der Waals surface area contributed by atoms with Gasteiger partial charge in [0.2, 0.25) is 0 Å². The van der Waals surface area contributed by atoms with Gasteiger partial charge in [0.1, 0.15) is 11.6 Å². The second kappa shape index (κ2) is 7.72. The Hall–Kier alpha value is -2.31. The van der Waals surface area contributed by atoms with Crippen molar-refractivity contribution in [3.05, 3.63) is 70.8 Å². The molecule has 2 aromatic carbocycles. The normalized spacial score (nSPS) is 15.5. The van der Waals surface area contributed by atoms with Gasteiger partial charge >= 0.3 is 0 Å². The number of hydrogen-bond acceptors (Lipinski definition) is 3. The first kappa shape index (κ1) is 17.5. The van der Waals surface area contributed by atoms with Gasteiger partial charge in [0.25, 0.3) is 5.91 Å². The molecule has 1 atom stereocenters. The summed E-state index contributed by atoms with van der Waals surface area (Å²) in [5.74, 6) is -2.23. The first-order valence-corrected chi connectivity index (χ1v) is 8.23. The quantitative estimate of drug-likeness (QED) is 0.872. The molecular weight excluding hydrogens is 326 g/mol. The summed E-state index contributed by atoms with van der Waals surface area (Å²) in [6, 6.07) is 10.8. The minimum absolute atomic E-state index is 0.0229. The minimum atomic E-state index is -0.808. The maximum atomic E-state index is 13.1. The second-order valence-corrected chi connectivity index (χ2v) is 6.28. The SMILES string of the molecule is O=C(NCC(O)CN1CCc2ccccc2C1)c1cc(F)cc(F)c1. The minimum Gasteiger partial charge on any atom is -0.390 e. The van der Waals surface area contributed by atoms with Crippen LogP contribution in [-0.2, 0) is 13.0 Å². The van der Waals surface area contributed by atoms with Crippen LogP contribution in [0.2, 0.25) is 0 Å². The number of aliphatic hydroxyl groups excluding tert-OH is 1. The third-order valence-corrected chi connectivity index (χ3v) is 4.30. The number of carbonyl (C=O) groups excluding carboxylic acids is 1. The van der Waals surface area contributed by atoms with Gasteiger partial charge in [-0.1, -0.05) is 24.3 Å². The second-order valence-electron chi connectivity index (χ2n) is 6.28. The number of halogens is 2. The van der Waals surface area contributed by atoms with Crippen LogP contribution in [0.15, 0.2) is 42.5 Å². The lowest BCUT2D eigenvalue weighted by atomic mass is 10.00. The number of fused-ring (bicyclic) bond motifs is 1. The molecule has 1 amide bonds. The van der Waals surface area contributed by atoms with Crippen molar-refractivity contribution in [2.24, 2.45) is 0 Å². The zero-order chi connectivity index (χ0) is 17.8. The number of carbonyl (C=O) groups is 1. The summed E-state index contributed by atoms with van der Waals surface area (Å²) in [5.41, 5.74) is 2.48. The van der Waals surface area contributed by atoms with Crippen molar-refractivity contribution in [1.29, 1.82) is 0 Å². The Kier molecular flexibility index (Phi) is 5.40. The molecule has 2 aromatic rings. The Morgan fingerprint density at radius 2 is 1.84 bits per heavy atom. The Morgan fingerprint density at radius 1 is 1.16 bits per heavy atom. The largest absolute Gasteiger partial charge is 0.390 e. The number of β-amino-alcohol motifs (C(OH)–C–C–N with tert-alkyl or cyclic N) is 1. The number of amides is 1. The van der Waals surface area contributed by atoms with E-state index in [0.29, 0.717) is 12.6 Å². The highest BCUT2D eigenvalue weighted by Gasteiger charge is 2.19. The van der Waals surface area contributed by atoms with E-state index >= 15 is 0 Å². The summed E-state index contributed by atoms with van der Waals surface area (Å²) in [6.45, 7) is 2.05. The summed E-state index contributed by atoms with van der Waals surface area (Å²) in [4.78, 5) is 14.1. The number of benzene rings is 2. The molecule has 0 saturated heterocycles. The van der Waals surface area contributed by atoms with Crippen LogP contribution in [0.4, 0.5) is 8.78 Å². The van der Waals surface area contributed by atoms with E-state index in [-0.39, 0.29) is 12.1 Å². The number of hydrogen-bond donors (Lipinski definition) is 2. The molecule has 3 rings (SSSR count). The monoisotopic (exact) mass is 346 g/mol. The fraction of sp³-hybridized carbons (Fsp3) is 0.316. The van der Waals surface area contributed by atoms with Crippen molar-refractivity contribution >= 4 is 5.91 Å². The highest BCUT2D eigenvalue weighted by molar-refractivity contribution is 5.94. The van der Waals surface area contributed by atoms with Crippen molar-refractivity contribution in [1.82, 2.24) is 10.2 Å². The average molecular weight is 346 g/mol. The maximum absolute atomic E-state index is 13.1. The molecule has 2 N–H and O–H groups in total. The first-order chi connectivity index (χ1) is 12.0. The highest BCUT2D eigenvalue weighted by atomic mass is 19.1. The molecular formula is C19H20F2N2O2. The fourth-order valence-electron chi connectivity index (χ4n) is 3.07. The third-order valence-electron chi connectivity index (χ3n) is 4.30. The average Bonchev–Trinajstić information content (AvgIpc) is 2.58. The molecule has 25 heavy (non-hydrogen) atoms. The van der Waals surface area contributed by atoms with Crippen molar-refractivity contribution in [3.8, 4) is 0 Å². The first-order valence-electron chi connectivity index (χ1n) is 8.23. The van der Waals surface area contributed by atoms with Crippen molar-refractivity contribution in [2.45, 2.75) is 19.1 Å². The molecule has 132 valence electrons. The Balaban J connectivity index is 1.50. The van der Waals surface area contributed by atoms with Gasteiger partial charge in [0, 0.05) is 37.8 Å². The van der Waals surface area contributed by atoms with E-state index in [2.05, 4.69) is 22.3 Å². The smallest absolute Gasteiger partial charge is 0.251 e. The Morgan fingerprint density at radius 3 is 2.56 bits per heavy atom. The summed E-state index contributed by atoms with van der Waals surface area (Å²) in [5, 5.41) is 12.7. The number of nitrogens with zero attached hydrogens (tertiary/aromatic N) is 1. The maximum Gasteiger partial charge on any atom is 0.251 e. The van der Waals surface area contributed by atoms with Crippen LogP contribution in [0.3, 0.4) is 0 Å². The summed E-state index contributed by atoms with van der Waals surface area (Å²) >= 11 is 0. The van der Waals surface area contributed by atoms with E-state index in [1.165, 1.54) is 11.1 Å². The third kappa shape index (κ3) is 4.61. The van der Waals surface area contributed by atoms with Gasteiger partial charge < -0.3 is 10.4 Å². The molecule has 0 saturated carbocycles. The molecule has 4 nitrogen and oxygen atoms in total. The molecule has 0 radical (unpaired) electrons. The lowest BCUT2D eigenvalue weighted by Gasteiger charge is -2.30. The van der Waals surface area contributed by atoms with Gasteiger partial charge in [-0.2, -0.15) is 0 Å². The van der Waals surface area contributed by atoms with Crippen LogP contribution in [0.25, 0.3) is 0 Å². The molecule has 1 heterocycles. The zero-order valence-corrected chi connectivity index (χ0v) is 13.7. The molecule has 0 fully saturated rings. The van der Waals surface area contributed by atoms with Gasteiger partial charge in [-0.3, -0.25) is 9.69 Å². The van der Waals surface area contributed by atoms with Crippen LogP contribution >= 0.6 is 0 Å². The number of aliphatic hydroxyl groups is 1. The number of rotatable bonds is 5. The molecule has 1 aliphatic rings. The summed E-state index contributed by atoms with van der Waals surface area (Å²) in [6.07, 6.45) is 0.172. The van der Waals surface area contributed by atoms with Crippen LogP contribution in [0, 0.1) is 11.6 Å². The predicted molar refractivity (Wildman–Crippen MR) is 90.1 cm³/mol. The molecule has 1 aliphatic heterocycles. The molecule has 0 aliphatic carbocycles. The highest BCUT2D eigenvalue weighted by Crippen LogP contribution is 2.18. The van der Waals surface area contributed by atoms with Crippen molar-refractivity contribution in [2.75, 3.05) is 19.6 Å². The molecule has 0 aromatic heterocycles. The van der Waals surface area contributed by atoms with E-state index in [1.807, 2.05) is 12.1 Å². The topological polar surface area (TPSA) is 52.6 Å². The fourth-order valence-corrected chi connectivity index (χ4v) is 3.07. The molecule has 0 spiro atoms. The van der Waals surface area contributed by atoms with Gasteiger partial charge in [-0.25, -0.2) is 8.78 Å². The molecule has 6 heteroatoms. The summed E-state index contributed by atoms with van der Waals surface area (Å²) < 4.78 is 26.3. The summed E-state index contributed by atoms with van der Waals surface area (Å²) in [7, 11) is 0. The van der Waals surface area contributed by atoms with Gasteiger partial charge in [0.15, 0.2) is 0 Å². The van der Waals surface area contributed by atoms with E-state index in [0.717, 1.165) is 31.6 Å². The molecule has 1 unspecified atom stereocenters. The Bertz CT molecular complexity index is 747. The van der Waals surface area contributed by atoms with E-state index in [1.54, 1.807) is 0 Å². The van der Waals surface area contributed by atoms with Crippen LogP contribution in [0.5, 0.6) is 0 Å². The van der Waals surface area contributed by atoms with Gasteiger partial charge in [-0.05, 0) is 29.7 Å². The lowest BCUT2D eigenvalue weighted by Crippen LogP contribution is -2.42. The van der Waals surface area contributed by atoms with Crippen molar-refractivity contribution in [3.63, 3.8) is 0 Å². The zero-order valence-electron chi connectivity index (χ0n) is 13.7. The predicted octanol–water partition coefficient (Wildman–Crippen LogP) is 2.11. The van der Waals surface area contributed by atoms with Crippen LogP contribution in [0.1, 0.15) is 21.5 Å². The van der Waals surface area contributed by atoms with Crippen molar-refractivity contribution < 1.29 is 18.7 Å². The standard InChI is InChI=1S/C19H20F2N2O2/c20-16-7-15(8-17(21)9-16)19(25)22-10-18(24)12-23-6-5-13-3-1-2-4-14(13)11-23/h1-4,7-9,18,24H,5-6,10-12H2,(H,22,25). The Labute approximate surface area is 145 Å². The van der Waals surface area contributed by atoms with E-state index in [9.17, 15) is 18.7 Å². The van der Waals surface area contributed by atoms with Crippen LogP contribution < -0.4 is 5.32 Å². The van der Waals surface area contributed by atoms with Crippen LogP contribution in [-0.4, -0.2) is 41.7 Å². The molecule has 0 bridgehead atoms.